The van der Waals surface area contributed by atoms with Gasteiger partial charge in [-0.25, -0.2) is 4.98 Å². The molecule has 5 nitrogen and oxygen atoms in total. The van der Waals surface area contributed by atoms with Gasteiger partial charge in [-0.15, -0.1) is 22.7 Å². The molecule has 0 aliphatic carbocycles. The first-order valence-corrected chi connectivity index (χ1v) is 10.7. The van der Waals surface area contributed by atoms with E-state index in [4.69, 9.17) is 0 Å². The lowest BCUT2D eigenvalue weighted by molar-refractivity contribution is -0.297. The Morgan fingerprint density at radius 1 is 1.22 bits per heavy atom. The van der Waals surface area contributed by atoms with Gasteiger partial charge in [0.25, 0.3) is 11.6 Å². The molecule has 0 spiro atoms. The highest BCUT2D eigenvalue weighted by atomic mass is 32.1. The van der Waals surface area contributed by atoms with Crippen LogP contribution in [0.5, 0.6) is 0 Å². The van der Waals surface area contributed by atoms with Crippen LogP contribution in [0.2, 0.25) is 0 Å². The lowest BCUT2D eigenvalue weighted by Crippen LogP contribution is -2.56. The SMILES string of the molecule is CC1=NN(C(=O)c2sc3nc(-c4cccs4)cc(C(F)(F)F)c3c2C)[C@](O)(C(F)(F)F)C1. The largest absolute Gasteiger partial charge is 0.438 e. The molecule has 0 saturated heterocycles. The maximum absolute atomic E-state index is 13.8. The summed E-state index contributed by atoms with van der Waals surface area (Å²) in [6, 6.07) is 4.07. The first-order valence-electron chi connectivity index (χ1n) is 8.97. The van der Waals surface area contributed by atoms with E-state index in [1.54, 1.807) is 17.5 Å². The number of halogens is 6. The van der Waals surface area contributed by atoms with Crippen molar-refractivity contribution in [1.82, 2.24) is 9.99 Å². The standard InChI is InChI=1S/C19H13F6N3O2S2/c1-8-7-17(30,19(23,24)25)28(27-8)16(29)14-9(2)13-10(18(20,21)22)6-11(26-15(13)32-14)12-4-3-5-31-12/h3-6,30H,7H2,1-2H3/t17-/m1/s1. The van der Waals surface area contributed by atoms with Crippen LogP contribution in [0.1, 0.15) is 34.1 Å². The Bertz CT molecular complexity index is 1250. The van der Waals surface area contributed by atoms with Crippen LogP contribution in [-0.2, 0) is 6.18 Å². The van der Waals surface area contributed by atoms with E-state index in [0.717, 1.165) is 6.07 Å². The summed E-state index contributed by atoms with van der Waals surface area (Å²) in [7, 11) is 0. The number of alkyl halides is 6. The number of aryl methyl sites for hydroxylation is 1. The fraction of sp³-hybridized carbons (Fsp3) is 0.316. The Balaban J connectivity index is 1.91. The predicted octanol–water partition coefficient (Wildman–Crippen LogP) is 5.82. The minimum atomic E-state index is -5.23. The maximum Gasteiger partial charge on any atom is 0.438 e. The average molecular weight is 493 g/mol. The third-order valence-electron chi connectivity index (χ3n) is 4.94. The van der Waals surface area contributed by atoms with Gasteiger partial charge in [0.1, 0.15) is 4.83 Å². The zero-order valence-corrected chi connectivity index (χ0v) is 17.9. The third kappa shape index (κ3) is 3.48. The molecule has 4 heterocycles. The molecule has 0 unspecified atom stereocenters. The number of hydrogen-bond acceptors (Lipinski definition) is 6. The molecule has 32 heavy (non-hydrogen) atoms. The Labute approximate surface area is 184 Å². The van der Waals surface area contributed by atoms with Crippen molar-refractivity contribution in [3.8, 4) is 10.6 Å². The number of rotatable bonds is 2. The number of amides is 1. The molecule has 0 saturated carbocycles. The van der Waals surface area contributed by atoms with Crippen molar-refractivity contribution >= 4 is 44.5 Å². The molecule has 1 N–H and O–H groups in total. The monoisotopic (exact) mass is 493 g/mol. The molecule has 0 bridgehead atoms. The number of carbonyl (C=O) groups excluding carboxylic acids is 1. The fourth-order valence-electron chi connectivity index (χ4n) is 3.47. The molecule has 0 fully saturated rings. The van der Waals surface area contributed by atoms with Crippen molar-refractivity contribution in [3.05, 3.63) is 39.6 Å². The maximum atomic E-state index is 13.8. The van der Waals surface area contributed by atoms with Crippen molar-refractivity contribution in [2.75, 3.05) is 0 Å². The van der Waals surface area contributed by atoms with Gasteiger partial charge in [-0.2, -0.15) is 36.5 Å². The van der Waals surface area contributed by atoms with Crippen molar-refractivity contribution in [3.63, 3.8) is 0 Å². The number of nitrogens with zero attached hydrogens (tertiary/aromatic N) is 3. The topological polar surface area (TPSA) is 65.8 Å². The molecule has 0 aromatic carbocycles. The highest BCUT2D eigenvalue weighted by molar-refractivity contribution is 7.20. The molecule has 1 aliphatic rings. The van der Waals surface area contributed by atoms with Crippen LogP contribution in [0.3, 0.4) is 0 Å². The second-order valence-electron chi connectivity index (χ2n) is 7.21. The highest BCUT2D eigenvalue weighted by Crippen LogP contribution is 2.45. The minimum Gasteiger partial charge on any atom is -0.362 e. The third-order valence-corrected chi connectivity index (χ3v) is 7.01. The summed E-state index contributed by atoms with van der Waals surface area (Å²) >= 11 is 1.70. The van der Waals surface area contributed by atoms with Gasteiger partial charge < -0.3 is 5.11 Å². The van der Waals surface area contributed by atoms with Crippen molar-refractivity contribution in [2.45, 2.75) is 38.3 Å². The molecule has 0 radical (unpaired) electrons. The van der Waals surface area contributed by atoms with Crippen LogP contribution < -0.4 is 0 Å². The van der Waals surface area contributed by atoms with Crippen LogP contribution >= 0.6 is 22.7 Å². The number of thiophene rings is 2. The summed E-state index contributed by atoms with van der Waals surface area (Å²) < 4.78 is 82.0. The van der Waals surface area contributed by atoms with Gasteiger partial charge in [0, 0.05) is 17.5 Å². The van der Waals surface area contributed by atoms with E-state index >= 15 is 0 Å². The Kier molecular flexibility index (Phi) is 5.14. The zero-order valence-electron chi connectivity index (χ0n) is 16.3. The number of aliphatic hydroxyl groups is 1. The molecule has 13 heteroatoms. The fourth-order valence-corrected chi connectivity index (χ4v) is 5.29. The molecule has 1 amide bonds. The molecular weight excluding hydrogens is 480 g/mol. The molecule has 1 atom stereocenters. The number of carbonyl (C=O) groups is 1. The van der Waals surface area contributed by atoms with Gasteiger partial charge in [0.15, 0.2) is 0 Å². The molecule has 170 valence electrons. The first kappa shape index (κ1) is 22.7. The van der Waals surface area contributed by atoms with Crippen molar-refractivity contribution < 1.29 is 36.2 Å². The molecule has 3 aromatic rings. The van der Waals surface area contributed by atoms with Crippen LogP contribution in [0.15, 0.2) is 28.7 Å². The summed E-state index contributed by atoms with van der Waals surface area (Å²) in [6.07, 6.45) is -11.0. The number of fused-ring (bicyclic) bond motifs is 1. The van der Waals surface area contributed by atoms with Crippen LogP contribution in [0, 0.1) is 6.92 Å². The van der Waals surface area contributed by atoms with E-state index in [-0.39, 0.29) is 32.2 Å². The summed E-state index contributed by atoms with van der Waals surface area (Å²) in [5.74, 6) is -1.35. The van der Waals surface area contributed by atoms with Gasteiger partial charge in [0.05, 0.1) is 21.0 Å². The number of hydrazone groups is 1. The second kappa shape index (κ2) is 7.25. The normalized spacial score (nSPS) is 19.7. The van der Waals surface area contributed by atoms with Crippen LogP contribution in [-0.4, -0.2) is 38.6 Å². The minimum absolute atomic E-state index is 0.0295. The van der Waals surface area contributed by atoms with Gasteiger partial charge in [-0.3, -0.25) is 4.79 Å². The van der Waals surface area contributed by atoms with Crippen molar-refractivity contribution in [1.29, 1.82) is 0 Å². The summed E-state index contributed by atoms with van der Waals surface area (Å²) in [5, 5.41) is 14.9. The number of aromatic nitrogens is 1. The summed E-state index contributed by atoms with van der Waals surface area (Å²) in [5.41, 5.74) is -4.94. The van der Waals surface area contributed by atoms with Crippen molar-refractivity contribution in [2.24, 2.45) is 5.10 Å². The number of pyridine rings is 1. The van der Waals surface area contributed by atoms with E-state index in [9.17, 15) is 36.2 Å². The average Bonchev–Trinajstić information content (AvgIpc) is 3.38. The van der Waals surface area contributed by atoms with E-state index < -0.39 is 40.8 Å². The van der Waals surface area contributed by atoms with E-state index in [1.165, 1.54) is 25.2 Å². The van der Waals surface area contributed by atoms with Crippen LogP contribution in [0.25, 0.3) is 20.8 Å². The van der Waals surface area contributed by atoms with E-state index in [0.29, 0.717) is 16.2 Å². The van der Waals surface area contributed by atoms with E-state index in [1.807, 2.05) is 0 Å². The van der Waals surface area contributed by atoms with Gasteiger partial charge >= 0.3 is 12.4 Å². The molecular formula is C19H13F6N3O2S2. The second-order valence-corrected chi connectivity index (χ2v) is 9.16. The number of hydrogen-bond donors (Lipinski definition) is 1. The van der Waals surface area contributed by atoms with Gasteiger partial charge in [-0.05, 0) is 36.9 Å². The molecule has 4 rings (SSSR count). The van der Waals surface area contributed by atoms with Gasteiger partial charge in [0.2, 0.25) is 0 Å². The smallest absolute Gasteiger partial charge is 0.362 e. The Morgan fingerprint density at radius 3 is 2.47 bits per heavy atom. The molecule has 3 aromatic heterocycles. The first-order chi connectivity index (χ1) is 14.7. The predicted molar refractivity (Wildman–Crippen MR) is 108 cm³/mol. The quantitative estimate of drug-likeness (QED) is 0.457. The highest BCUT2D eigenvalue weighted by Gasteiger charge is 2.63. The lowest BCUT2D eigenvalue weighted by atomic mass is 10.0. The van der Waals surface area contributed by atoms with Gasteiger partial charge in [-0.1, -0.05) is 6.07 Å². The summed E-state index contributed by atoms with van der Waals surface area (Å²) in [4.78, 5) is 17.1. The van der Waals surface area contributed by atoms with Crippen LogP contribution in [0.4, 0.5) is 26.3 Å². The Hall–Kier alpha value is -2.51. The lowest BCUT2D eigenvalue weighted by Gasteiger charge is -2.32. The summed E-state index contributed by atoms with van der Waals surface area (Å²) in [6.45, 7) is 2.41. The van der Waals surface area contributed by atoms with E-state index in [2.05, 4.69) is 10.1 Å². The Morgan fingerprint density at radius 2 is 1.91 bits per heavy atom. The molecule has 1 aliphatic heterocycles. The zero-order chi connectivity index (χ0) is 23.6.